The predicted octanol–water partition coefficient (Wildman–Crippen LogP) is 6.25. The van der Waals surface area contributed by atoms with Crippen molar-refractivity contribution in [1.82, 2.24) is 5.32 Å². The minimum atomic E-state index is -1.08. The lowest BCUT2D eigenvalue weighted by molar-refractivity contribution is -0.0234. The van der Waals surface area contributed by atoms with Crippen molar-refractivity contribution < 1.29 is 19.4 Å². The number of aliphatic hydroxyl groups excluding tert-OH is 1. The van der Waals surface area contributed by atoms with Crippen LogP contribution in [0.5, 0.6) is 5.75 Å². The fraction of sp³-hybridized carbons (Fsp3) is 0.273. The molecule has 0 aliphatic rings. The van der Waals surface area contributed by atoms with E-state index in [4.69, 9.17) is 9.47 Å². The van der Waals surface area contributed by atoms with E-state index in [0.29, 0.717) is 36.4 Å². The molecule has 0 bridgehead atoms. The number of fused-ring (bicyclic) bond motifs is 1. The highest BCUT2D eigenvalue weighted by Gasteiger charge is 2.19. The molecule has 4 rings (SSSR count). The van der Waals surface area contributed by atoms with Gasteiger partial charge in [-0.3, -0.25) is 0 Å². The molecule has 0 aromatic heterocycles. The Morgan fingerprint density at radius 3 is 2.41 bits per heavy atom. The second-order valence-electron chi connectivity index (χ2n) is 10.2. The van der Waals surface area contributed by atoms with Crippen LogP contribution in [0.1, 0.15) is 48.7 Å². The Morgan fingerprint density at radius 1 is 0.974 bits per heavy atom. The van der Waals surface area contributed by atoms with Crippen molar-refractivity contribution >= 4 is 16.7 Å². The van der Waals surface area contributed by atoms with Crippen LogP contribution in [0, 0.1) is 11.3 Å². The Bertz CT molecular complexity index is 1470. The van der Waals surface area contributed by atoms with Gasteiger partial charge in [-0.2, -0.15) is 5.26 Å². The summed E-state index contributed by atoms with van der Waals surface area (Å²) in [6.07, 6.45) is 0.108. The lowest BCUT2D eigenvalue weighted by Gasteiger charge is -2.27. The molecule has 0 heterocycles. The van der Waals surface area contributed by atoms with Crippen LogP contribution in [-0.2, 0) is 11.2 Å². The van der Waals surface area contributed by atoms with Gasteiger partial charge in [-0.25, -0.2) is 4.79 Å². The standard InChI is InChI=1S/C33H34N2O4/c1-4-38-32(37)26-13-11-25(12-14-26)28-15-16-29(22-34)30(20-28)39-31(36)17-18-35-33(2,3)21-23-9-10-24-7-5-6-8-27(24)19-23/h5-16,19-20,31,35-36H,4,17-18,21H2,1-3H3. The Morgan fingerprint density at radius 2 is 1.69 bits per heavy atom. The molecule has 0 aliphatic carbocycles. The number of nitriles is 1. The number of carbonyl (C=O) groups excluding carboxylic acids is 1. The van der Waals surface area contributed by atoms with Crippen molar-refractivity contribution in [3.8, 4) is 22.9 Å². The fourth-order valence-corrected chi connectivity index (χ4v) is 4.57. The topological polar surface area (TPSA) is 91.6 Å². The predicted molar refractivity (Wildman–Crippen MR) is 154 cm³/mol. The van der Waals surface area contributed by atoms with E-state index in [0.717, 1.165) is 17.5 Å². The van der Waals surface area contributed by atoms with Crippen LogP contribution < -0.4 is 10.1 Å². The Labute approximate surface area is 229 Å². The molecule has 0 radical (unpaired) electrons. The highest BCUT2D eigenvalue weighted by Crippen LogP contribution is 2.28. The molecular formula is C33H34N2O4. The lowest BCUT2D eigenvalue weighted by atomic mass is 9.93. The smallest absolute Gasteiger partial charge is 0.338 e. The number of aliphatic hydroxyl groups is 1. The highest BCUT2D eigenvalue weighted by molar-refractivity contribution is 5.90. The number of hydrogen-bond acceptors (Lipinski definition) is 6. The number of nitrogens with one attached hydrogen (secondary N) is 1. The Hall–Kier alpha value is -4.18. The van der Waals surface area contributed by atoms with Crippen molar-refractivity contribution in [2.45, 2.75) is 45.4 Å². The van der Waals surface area contributed by atoms with Gasteiger partial charge in [0.1, 0.15) is 11.8 Å². The molecule has 0 saturated carbocycles. The number of rotatable bonds is 11. The molecule has 6 heteroatoms. The number of hydrogen-bond donors (Lipinski definition) is 2. The summed E-state index contributed by atoms with van der Waals surface area (Å²) in [6.45, 7) is 6.90. The van der Waals surface area contributed by atoms with Gasteiger partial charge in [0.2, 0.25) is 0 Å². The van der Waals surface area contributed by atoms with Crippen LogP contribution in [0.2, 0.25) is 0 Å². The molecule has 0 aliphatic heterocycles. The average Bonchev–Trinajstić information content (AvgIpc) is 2.93. The first-order valence-electron chi connectivity index (χ1n) is 13.2. The average molecular weight is 523 g/mol. The van der Waals surface area contributed by atoms with E-state index in [1.54, 1.807) is 31.2 Å². The monoisotopic (exact) mass is 522 g/mol. The van der Waals surface area contributed by atoms with Gasteiger partial charge in [0.25, 0.3) is 0 Å². The van der Waals surface area contributed by atoms with Crippen LogP contribution in [0.3, 0.4) is 0 Å². The summed E-state index contributed by atoms with van der Waals surface area (Å²) in [6, 6.07) is 29.2. The quantitative estimate of drug-likeness (QED) is 0.179. The van der Waals surface area contributed by atoms with Gasteiger partial charge >= 0.3 is 5.97 Å². The highest BCUT2D eigenvalue weighted by atomic mass is 16.6. The van der Waals surface area contributed by atoms with E-state index in [1.807, 2.05) is 30.3 Å². The normalized spacial score (nSPS) is 12.1. The van der Waals surface area contributed by atoms with Crippen molar-refractivity contribution in [1.29, 1.82) is 5.26 Å². The number of benzene rings is 4. The largest absolute Gasteiger partial charge is 0.464 e. The molecule has 1 unspecified atom stereocenters. The maximum absolute atomic E-state index is 11.9. The third-order valence-corrected chi connectivity index (χ3v) is 6.55. The number of ether oxygens (including phenoxy) is 2. The van der Waals surface area contributed by atoms with Crippen LogP contribution in [0.25, 0.3) is 21.9 Å². The first-order valence-corrected chi connectivity index (χ1v) is 13.2. The summed E-state index contributed by atoms with van der Waals surface area (Å²) < 4.78 is 10.8. The van der Waals surface area contributed by atoms with Crippen LogP contribution in [-0.4, -0.2) is 36.1 Å². The molecule has 1 atom stereocenters. The maximum atomic E-state index is 11.9. The Balaban J connectivity index is 1.35. The molecule has 4 aromatic rings. The molecule has 0 spiro atoms. The van der Waals surface area contributed by atoms with E-state index in [9.17, 15) is 15.2 Å². The molecule has 4 aromatic carbocycles. The van der Waals surface area contributed by atoms with Gasteiger partial charge in [-0.05, 0) is 78.9 Å². The number of esters is 1. The molecule has 39 heavy (non-hydrogen) atoms. The zero-order chi connectivity index (χ0) is 27.8. The lowest BCUT2D eigenvalue weighted by Crippen LogP contribution is -2.43. The zero-order valence-corrected chi connectivity index (χ0v) is 22.6. The summed E-state index contributed by atoms with van der Waals surface area (Å²) in [7, 11) is 0. The summed E-state index contributed by atoms with van der Waals surface area (Å²) in [4.78, 5) is 11.9. The van der Waals surface area contributed by atoms with Crippen molar-refractivity contribution in [3.63, 3.8) is 0 Å². The fourth-order valence-electron chi connectivity index (χ4n) is 4.57. The van der Waals surface area contributed by atoms with E-state index >= 15 is 0 Å². The first kappa shape index (κ1) is 27.8. The van der Waals surface area contributed by atoms with Crippen molar-refractivity contribution in [2.24, 2.45) is 0 Å². The number of carbonyl (C=O) groups is 1. The van der Waals surface area contributed by atoms with Crippen LogP contribution in [0.4, 0.5) is 0 Å². The van der Waals surface area contributed by atoms with Crippen molar-refractivity contribution in [2.75, 3.05) is 13.2 Å². The van der Waals surface area contributed by atoms with Gasteiger partial charge in [0.05, 0.1) is 17.7 Å². The van der Waals surface area contributed by atoms with Crippen molar-refractivity contribution in [3.05, 3.63) is 102 Å². The van der Waals surface area contributed by atoms with Gasteiger partial charge in [-0.15, -0.1) is 0 Å². The third kappa shape index (κ3) is 7.44. The number of nitrogens with zero attached hydrogens (tertiary/aromatic N) is 1. The molecular weight excluding hydrogens is 488 g/mol. The summed E-state index contributed by atoms with van der Waals surface area (Å²) >= 11 is 0. The SMILES string of the molecule is CCOC(=O)c1ccc(-c2ccc(C#N)c(OC(O)CCNC(C)(C)Cc3ccc4ccccc4c3)c2)cc1. The minimum absolute atomic E-state index is 0.185. The maximum Gasteiger partial charge on any atom is 0.338 e. The molecule has 200 valence electrons. The van der Waals surface area contributed by atoms with Gasteiger partial charge in [-0.1, -0.05) is 60.7 Å². The van der Waals surface area contributed by atoms with Crippen LogP contribution >= 0.6 is 0 Å². The van der Waals surface area contributed by atoms with E-state index in [2.05, 4.69) is 55.6 Å². The Kier molecular flexibility index (Phi) is 8.98. The summed E-state index contributed by atoms with van der Waals surface area (Å²) in [5, 5.41) is 26.1. The molecule has 0 amide bonds. The minimum Gasteiger partial charge on any atom is -0.464 e. The van der Waals surface area contributed by atoms with Gasteiger partial charge in [0, 0.05) is 18.5 Å². The first-order chi connectivity index (χ1) is 18.8. The molecule has 0 saturated heterocycles. The third-order valence-electron chi connectivity index (χ3n) is 6.55. The molecule has 0 fully saturated rings. The van der Waals surface area contributed by atoms with E-state index in [-0.39, 0.29) is 11.5 Å². The molecule has 2 N–H and O–H groups in total. The summed E-state index contributed by atoms with van der Waals surface area (Å²) in [5.74, 6) is -0.0579. The van der Waals surface area contributed by atoms with Gasteiger partial charge < -0.3 is 19.9 Å². The molecule has 6 nitrogen and oxygen atoms in total. The second kappa shape index (κ2) is 12.6. The van der Waals surface area contributed by atoms with E-state index in [1.165, 1.54) is 16.3 Å². The second-order valence-corrected chi connectivity index (χ2v) is 10.2. The van der Waals surface area contributed by atoms with Gasteiger partial charge in [0.15, 0.2) is 6.29 Å². The summed E-state index contributed by atoms with van der Waals surface area (Å²) in [5.41, 5.74) is 3.53. The van der Waals surface area contributed by atoms with Crippen LogP contribution in [0.15, 0.2) is 84.9 Å². The zero-order valence-electron chi connectivity index (χ0n) is 22.6. The van der Waals surface area contributed by atoms with E-state index < -0.39 is 6.29 Å².